The zero-order valence-corrected chi connectivity index (χ0v) is 11.1. The molecule has 1 aromatic rings. The summed E-state index contributed by atoms with van der Waals surface area (Å²) in [4.78, 5) is 2.47. The number of thiophene rings is 1. The van der Waals surface area contributed by atoms with Crippen LogP contribution in [0.25, 0.3) is 0 Å². The predicted molar refractivity (Wildman–Crippen MR) is 70.9 cm³/mol. The fourth-order valence-electron chi connectivity index (χ4n) is 2.59. The Morgan fingerprint density at radius 3 is 2.81 bits per heavy atom. The van der Waals surface area contributed by atoms with Gasteiger partial charge in [-0.05, 0) is 60.8 Å². The van der Waals surface area contributed by atoms with Crippen LogP contribution >= 0.6 is 11.3 Å². The molecule has 1 N–H and O–H groups in total. The van der Waals surface area contributed by atoms with Crippen molar-refractivity contribution in [3.8, 4) is 0 Å². The molecule has 0 saturated carbocycles. The van der Waals surface area contributed by atoms with E-state index in [2.05, 4.69) is 41.0 Å². The molecule has 2 heterocycles. The minimum Gasteiger partial charge on any atom is -0.317 e. The molecule has 1 aliphatic heterocycles. The highest BCUT2D eigenvalue weighted by molar-refractivity contribution is 7.07. The summed E-state index contributed by atoms with van der Waals surface area (Å²) < 4.78 is 0. The molecule has 2 nitrogen and oxygen atoms in total. The van der Waals surface area contributed by atoms with E-state index in [-0.39, 0.29) is 0 Å². The molecule has 1 fully saturated rings. The molecule has 90 valence electrons. The van der Waals surface area contributed by atoms with Gasteiger partial charge in [-0.2, -0.15) is 11.3 Å². The van der Waals surface area contributed by atoms with E-state index in [9.17, 15) is 0 Å². The van der Waals surface area contributed by atoms with Crippen molar-refractivity contribution in [2.24, 2.45) is 5.41 Å². The molecule has 0 unspecified atom stereocenters. The molecule has 3 heteroatoms. The van der Waals surface area contributed by atoms with E-state index >= 15 is 0 Å². The first-order chi connectivity index (χ1) is 7.68. The number of nitrogens with zero attached hydrogens (tertiary/aromatic N) is 1. The minimum absolute atomic E-state index is 0.510. The smallest absolute Gasteiger partial charge is 0.0239 e. The molecule has 0 bridgehead atoms. The maximum Gasteiger partial charge on any atom is 0.0239 e. The van der Waals surface area contributed by atoms with Gasteiger partial charge < -0.3 is 10.2 Å². The average Bonchev–Trinajstić information content (AvgIpc) is 2.70. The Bertz CT molecular complexity index is 302. The minimum atomic E-state index is 0.510. The molecule has 1 aromatic heterocycles. The van der Waals surface area contributed by atoms with Gasteiger partial charge in [-0.1, -0.05) is 6.92 Å². The predicted octanol–water partition coefficient (Wildman–Crippen LogP) is 2.57. The summed E-state index contributed by atoms with van der Waals surface area (Å²) in [6, 6.07) is 2.23. The van der Waals surface area contributed by atoms with E-state index < -0.39 is 0 Å². The van der Waals surface area contributed by atoms with Gasteiger partial charge in [0, 0.05) is 13.1 Å². The maximum absolute atomic E-state index is 3.44. The van der Waals surface area contributed by atoms with Crippen LogP contribution in [0.5, 0.6) is 0 Å². The quantitative estimate of drug-likeness (QED) is 0.867. The highest BCUT2D eigenvalue weighted by Gasteiger charge is 2.27. The lowest BCUT2D eigenvalue weighted by Gasteiger charge is -2.37. The normalized spacial score (nSPS) is 20.2. The molecule has 0 amide bonds. The highest BCUT2D eigenvalue weighted by atomic mass is 32.1. The van der Waals surface area contributed by atoms with Gasteiger partial charge in [0.1, 0.15) is 0 Å². The third-order valence-electron chi connectivity index (χ3n) is 3.49. The van der Waals surface area contributed by atoms with E-state index in [4.69, 9.17) is 0 Å². The van der Waals surface area contributed by atoms with Crippen molar-refractivity contribution in [2.45, 2.75) is 26.3 Å². The summed E-state index contributed by atoms with van der Waals surface area (Å²) in [5.41, 5.74) is 1.96. The molecule has 1 aliphatic rings. The first-order valence-electron chi connectivity index (χ1n) is 6.08. The Labute approximate surface area is 103 Å². The first kappa shape index (κ1) is 12.1. The maximum atomic E-state index is 3.44. The third kappa shape index (κ3) is 3.30. The molecular weight excluding hydrogens is 216 g/mol. The molecule has 0 spiro atoms. The van der Waals surface area contributed by atoms with Crippen LogP contribution < -0.4 is 5.32 Å². The number of hydrogen-bond acceptors (Lipinski definition) is 3. The second kappa shape index (κ2) is 5.30. The Morgan fingerprint density at radius 2 is 2.19 bits per heavy atom. The molecule has 0 aliphatic carbocycles. The number of rotatable bonds is 4. The van der Waals surface area contributed by atoms with Crippen molar-refractivity contribution in [2.75, 3.05) is 26.7 Å². The van der Waals surface area contributed by atoms with Gasteiger partial charge in [-0.25, -0.2) is 0 Å². The Morgan fingerprint density at radius 1 is 1.44 bits per heavy atom. The van der Waals surface area contributed by atoms with E-state index in [1.54, 1.807) is 11.3 Å². The summed E-state index contributed by atoms with van der Waals surface area (Å²) in [6.45, 7) is 7.10. The van der Waals surface area contributed by atoms with Crippen LogP contribution in [0.15, 0.2) is 16.8 Å². The summed E-state index contributed by atoms with van der Waals surface area (Å²) in [6.07, 6.45) is 2.61. The van der Waals surface area contributed by atoms with Crippen LogP contribution in [-0.2, 0) is 6.54 Å². The molecule has 2 rings (SSSR count). The number of nitrogens with one attached hydrogen (secondary N) is 1. The molecular formula is C13H22N2S. The SMILES string of the molecule is CN(Cc1ccsc1)CC1(C)CCNCC1. The molecule has 0 radical (unpaired) electrons. The summed E-state index contributed by atoms with van der Waals surface area (Å²) in [7, 11) is 2.24. The van der Waals surface area contributed by atoms with Crippen molar-refractivity contribution in [1.82, 2.24) is 10.2 Å². The van der Waals surface area contributed by atoms with Gasteiger partial charge in [0.25, 0.3) is 0 Å². The fourth-order valence-corrected chi connectivity index (χ4v) is 3.25. The Kier molecular flexibility index (Phi) is 4.00. The van der Waals surface area contributed by atoms with Gasteiger partial charge in [-0.15, -0.1) is 0 Å². The second-order valence-corrected chi connectivity index (χ2v) is 6.14. The summed E-state index contributed by atoms with van der Waals surface area (Å²) >= 11 is 1.79. The summed E-state index contributed by atoms with van der Waals surface area (Å²) in [5.74, 6) is 0. The van der Waals surface area contributed by atoms with E-state index in [1.807, 2.05) is 0 Å². The zero-order valence-electron chi connectivity index (χ0n) is 10.3. The Balaban J connectivity index is 1.84. The lowest BCUT2D eigenvalue weighted by molar-refractivity contribution is 0.143. The third-order valence-corrected chi connectivity index (χ3v) is 4.23. The van der Waals surface area contributed by atoms with Crippen LogP contribution in [-0.4, -0.2) is 31.6 Å². The highest BCUT2D eigenvalue weighted by Crippen LogP contribution is 2.29. The summed E-state index contributed by atoms with van der Waals surface area (Å²) in [5, 5.41) is 7.86. The van der Waals surface area contributed by atoms with Crippen LogP contribution in [0, 0.1) is 5.41 Å². The second-order valence-electron chi connectivity index (χ2n) is 5.36. The van der Waals surface area contributed by atoms with Gasteiger partial charge in [0.05, 0.1) is 0 Å². The van der Waals surface area contributed by atoms with Gasteiger partial charge in [0.2, 0.25) is 0 Å². The van der Waals surface area contributed by atoms with Gasteiger partial charge >= 0.3 is 0 Å². The first-order valence-corrected chi connectivity index (χ1v) is 7.03. The lowest BCUT2D eigenvalue weighted by atomic mass is 9.80. The van der Waals surface area contributed by atoms with E-state index in [0.29, 0.717) is 5.41 Å². The standard InChI is InChI=1S/C13H22N2S/c1-13(4-6-14-7-5-13)11-15(2)9-12-3-8-16-10-12/h3,8,10,14H,4-7,9,11H2,1-2H3. The molecule has 0 aromatic carbocycles. The average molecular weight is 238 g/mol. The van der Waals surface area contributed by atoms with Gasteiger partial charge in [-0.3, -0.25) is 0 Å². The van der Waals surface area contributed by atoms with Crippen LogP contribution in [0.3, 0.4) is 0 Å². The van der Waals surface area contributed by atoms with Crippen molar-refractivity contribution in [1.29, 1.82) is 0 Å². The largest absolute Gasteiger partial charge is 0.317 e. The zero-order chi connectivity index (χ0) is 11.4. The van der Waals surface area contributed by atoms with Crippen LogP contribution in [0.4, 0.5) is 0 Å². The molecule has 16 heavy (non-hydrogen) atoms. The fraction of sp³-hybridized carbons (Fsp3) is 0.692. The monoisotopic (exact) mass is 238 g/mol. The van der Waals surface area contributed by atoms with E-state index in [1.165, 1.54) is 38.0 Å². The molecule has 1 saturated heterocycles. The van der Waals surface area contributed by atoms with Gasteiger partial charge in [0.15, 0.2) is 0 Å². The Hall–Kier alpha value is -0.380. The van der Waals surface area contributed by atoms with Crippen LogP contribution in [0.1, 0.15) is 25.3 Å². The molecule has 0 atom stereocenters. The van der Waals surface area contributed by atoms with Crippen LogP contribution in [0.2, 0.25) is 0 Å². The number of piperidine rings is 1. The number of hydrogen-bond donors (Lipinski definition) is 1. The van der Waals surface area contributed by atoms with Crippen molar-refractivity contribution in [3.05, 3.63) is 22.4 Å². The van der Waals surface area contributed by atoms with Crippen molar-refractivity contribution >= 4 is 11.3 Å². The van der Waals surface area contributed by atoms with Crippen molar-refractivity contribution < 1.29 is 0 Å². The lowest BCUT2D eigenvalue weighted by Crippen LogP contribution is -2.41. The topological polar surface area (TPSA) is 15.3 Å². The van der Waals surface area contributed by atoms with E-state index in [0.717, 1.165) is 6.54 Å². The van der Waals surface area contributed by atoms with Crippen molar-refractivity contribution in [3.63, 3.8) is 0 Å².